The van der Waals surface area contributed by atoms with Crippen molar-refractivity contribution in [3.05, 3.63) is 0 Å². The summed E-state index contributed by atoms with van der Waals surface area (Å²) < 4.78 is 5.30. The van der Waals surface area contributed by atoms with Gasteiger partial charge in [0.1, 0.15) is 5.41 Å². The monoisotopic (exact) mass is 283 g/mol. The molecule has 6 heteroatoms. The minimum Gasteiger partial charge on any atom is -0.409 e. The van der Waals surface area contributed by atoms with Crippen LogP contribution in [0.4, 0.5) is 0 Å². The fraction of sp³-hybridized carbons (Fsp3) is 0.857. The van der Waals surface area contributed by atoms with Gasteiger partial charge in [-0.15, -0.1) is 0 Å². The number of nitrogens with zero attached hydrogens (tertiary/aromatic N) is 1. The normalized spacial score (nSPS) is 29.1. The summed E-state index contributed by atoms with van der Waals surface area (Å²) in [7, 11) is 0. The molecule has 1 amide bonds. The topological polar surface area (TPSA) is 96.9 Å². The van der Waals surface area contributed by atoms with Crippen LogP contribution in [-0.2, 0) is 9.53 Å². The van der Waals surface area contributed by atoms with Crippen LogP contribution in [0.1, 0.15) is 46.0 Å². The maximum Gasteiger partial charge on any atom is 0.234 e. The van der Waals surface area contributed by atoms with Gasteiger partial charge in [0.2, 0.25) is 5.91 Å². The standard InChI is InChI=1S/C14H25N3O3/c1-13(2)4-3-10(9-13)16-12(18)14(11(15)17-19)5-7-20-8-6-14/h10,19H,3-9H2,1-2H3,(H2,15,17)(H,16,18). The predicted molar refractivity (Wildman–Crippen MR) is 75.5 cm³/mol. The Hall–Kier alpha value is -1.30. The average Bonchev–Trinajstić information content (AvgIpc) is 2.77. The quantitative estimate of drug-likeness (QED) is 0.314. The molecule has 20 heavy (non-hydrogen) atoms. The number of hydrogen-bond acceptors (Lipinski definition) is 4. The summed E-state index contributed by atoms with van der Waals surface area (Å²) in [4.78, 5) is 12.6. The number of nitrogens with two attached hydrogens (primary N) is 1. The van der Waals surface area contributed by atoms with Crippen LogP contribution in [0, 0.1) is 10.8 Å². The first-order valence-corrected chi connectivity index (χ1v) is 7.26. The van der Waals surface area contributed by atoms with Crippen molar-refractivity contribution < 1.29 is 14.7 Å². The largest absolute Gasteiger partial charge is 0.409 e. The van der Waals surface area contributed by atoms with Crippen molar-refractivity contribution in [1.82, 2.24) is 5.32 Å². The third-order valence-corrected chi connectivity index (χ3v) is 4.68. The molecule has 1 saturated heterocycles. The number of carbonyl (C=O) groups is 1. The maximum atomic E-state index is 12.6. The van der Waals surface area contributed by atoms with Gasteiger partial charge in [-0.25, -0.2) is 0 Å². The first kappa shape index (κ1) is 15.1. The SMILES string of the molecule is CC1(C)CCC(NC(=O)C2(C(N)=NO)CCOCC2)C1. The lowest BCUT2D eigenvalue weighted by Crippen LogP contribution is -2.54. The van der Waals surface area contributed by atoms with E-state index in [0.717, 1.165) is 19.3 Å². The van der Waals surface area contributed by atoms with E-state index in [1.54, 1.807) is 0 Å². The van der Waals surface area contributed by atoms with E-state index in [4.69, 9.17) is 15.7 Å². The van der Waals surface area contributed by atoms with Gasteiger partial charge in [0, 0.05) is 19.3 Å². The predicted octanol–water partition coefficient (Wildman–Crippen LogP) is 1.22. The van der Waals surface area contributed by atoms with E-state index >= 15 is 0 Å². The Morgan fingerprint density at radius 2 is 2.00 bits per heavy atom. The molecule has 1 aliphatic carbocycles. The summed E-state index contributed by atoms with van der Waals surface area (Å²) in [5, 5.41) is 15.2. The molecule has 0 aromatic carbocycles. The molecule has 114 valence electrons. The molecule has 0 radical (unpaired) electrons. The molecule has 1 saturated carbocycles. The van der Waals surface area contributed by atoms with Crippen molar-refractivity contribution in [2.24, 2.45) is 21.7 Å². The van der Waals surface area contributed by atoms with Crippen molar-refractivity contribution in [3.8, 4) is 0 Å². The Labute approximate surface area is 119 Å². The number of nitrogens with one attached hydrogen (secondary N) is 1. The zero-order valence-electron chi connectivity index (χ0n) is 12.3. The van der Waals surface area contributed by atoms with E-state index < -0.39 is 5.41 Å². The van der Waals surface area contributed by atoms with E-state index in [-0.39, 0.29) is 23.2 Å². The Kier molecular flexibility index (Phi) is 4.22. The fourth-order valence-corrected chi connectivity index (χ4v) is 3.30. The van der Waals surface area contributed by atoms with Gasteiger partial charge in [-0.2, -0.15) is 0 Å². The number of ether oxygens (including phenoxy) is 1. The summed E-state index contributed by atoms with van der Waals surface area (Å²) in [5.74, 6) is -0.130. The zero-order valence-corrected chi connectivity index (χ0v) is 12.3. The smallest absolute Gasteiger partial charge is 0.234 e. The van der Waals surface area contributed by atoms with Gasteiger partial charge in [0.15, 0.2) is 5.84 Å². The minimum absolute atomic E-state index is 0.00411. The lowest BCUT2D eigenvalue weighted by atomic mass is 9.78. The number of hydrogen-bond donors (Lipinski definition) is 3. The van der Waals surface area contributed by atoms with Crippen molar-refractivity contribution >= 4 is 11.7 Å². The van der Waals surface area contributed by atoms with Crippen LogP contribution in [-0.4, -0.2) is 36.2 Å². The highest BCUT2D eigenvalue weighted by molar-refractivity contribution is 6.06. The van der Waals surface area contributed by atoms with Gasteiger partial charge in [-0.3, -0.25) is 4.79 Å². The Balaban J connectivity index is 2.08. The molecule has 1 aliphatic heterocycles. The molecule has 1 unspecified atom stereocenters. The molecule has 0 spiro atoms. The van der Waals surface area contributed by atoms with E-state index in [1.165, 1.54) is 0 Å². The van der Waals surface area contributed by atoms with Crippen LogP contribution < -0.4 is 11.1 Å². The molecular formula is C14H25N3O3. The van der Waals surface area contributed by atoms with Gasteiger partial charge in [0.25, 0.3) is 0 Å². The second-order valence-electron chi connectivity index (χ2n) is 6.76. The van der Waals surface area contributed by atoms with Gasteiger partial charge in [-0.05, 0) is 37.5 Å². The first-order valence-electron chi connectivity index (χ1n) is 7.26. The molecule has 1 heterocycles. The first-order chi connectivity index (χ1) is 9.39. The third-order valence-electron chi connectivity index (χ3n) is 4.68. The lowest BCUT2D eigenvalue weighted by molar-refractivity contribution is -0.132. The van der Waals surface area contributed by atoms with Crippen LogP contribution >= 0.6 is 0 Å². The number of amides is 1. The van der Waals surface area contributed by atoms with Crippen LogP contribution in [0.2, 0.25) is 0 Å². The molecule has 0 bridgehead atoms. The van der Waals surface area contributed by atoms with Crippen molar-refractivity contribution in [2.45, 2.75) is 52.0 Å². The molecule has 0 aromatic heterocycles. The summed E-state index contributed by atoms with van der Waals surface area (Å²) in [6.45, 7) is 5.35. The molecule has 4 N–H and O–H groups in total. The van der Waals surface area contributed by atoms with Crippen LogP contribution in [0.15, 0.2) is 5.16 Å². The second kappa shape index (κ2) is 5.60. The summed E-state index contributed by atoms with van der Waals surface area (Å²) >= 11 is 0. The molecule has 2 aliphatic rings. The molecular weight excluding hydrogens is 258 g/mol. The van der Waals surface area contributed by atoms with Crippen molar-refractivity contribution in [3.63, 3.8) is 0 Å². The van der Waals surface area contributed by atoms with Crippen LogP contribution in [0.3, 0.4) is 0 Å². The van der Waals surface area contributed by atoms with Gasteiger partial charge in [-0.1, -0.05) is 19.0 Å². The minimum atomic E-state index is -0.917. The Morgan fingerprint density at radius 3 is 2.50 bits per heavy atom. The highest BCUT2D eigenvalue weighted by Crippen LogP contribution is 2.38. The van der Waals surface area contributed by atoms with E-state index in [9.17, 15) is 4.79 Å². The van der Waals surface area contributed by atoms with Crippen LogP contribution in [0.25, 0.3) is 0 Å². The maximum absolute atomic E-state index is 12.6. The molecule has 6 nitrogen and oxygen atoms in total. The number of amidine groups is 1. The zero-order chi connectivity index (χ0) is 14.8. The van der Waals surface area contributed by atoms with Gasteiger partial charge >= 0.3 is 0 Å². The number of carbonyl (C=O) groups excluding carboxylic acids is 1. The number of oxime groups is 1. The lowest BCUT2D eigenvalue weighted by Gasteiger charge is -2.35. The fourth-order valence-electron chi connectivity index (χ4n) is 3.30. The number of rotatable bonds is 3. The van der Waals surface area contributed by atoms with Gasteiger partial charge in [0.05, 0.1) is 0 Å². The van der Waals surface area contributed by atoms with Gasteiger partial charge < -0.3 is 21.0 Å². The van der Waals surface area contributed by atoms with Crippen molar-refractivity contribution in [1.29, 1.82) is 0 Å². The summed E-state index contributed by atoms with van der Waals surface area (Å²) in [6.07, 6.45) is 4.00. The van der Waals surface area contributed by atoms with E-state index in [0.29, 0.717) is 26.1 Å². The molecule has 1 atom stereocenters. The van der Waals surface area contributed by atoms with Crippen molar-refractivity contribution in [2.75, 3.05) is 13.2 Å². The third kappa shape index (κ3) is 2.90. The van der Waals surface area contributed by atoms with E-state index in [1.807, 2.05) is 0 Å². The second-order valence-corrected chi connectivity index (χ2v) is 6.76. The Morgan fingerprint density at radius 1 is 1.35 bits per heavy atom. The molecule has 2 fully saturated rings. The molecule has 0 aromatic rings. The Bertz CT molecular complexity index is 400. The summed E-state index contributed by atoms with van der Waals surface area (Å²) in [6, 6.07) is 0.184. The summed E-state index contributed by atoms with van der Waals surface area (Å²) in [5.41, 5.74) is 5.15. The molecule has 2 rings (SSSR count). The highest BCUT2D eigenvalue weighted by Gasteiger charge is 2.46. The van der Waals surface area contributed by atoms with E-state index in [2.05, 4.69) is 24.3 Å². The van der Waals surface area contributed by atoms with Crippen LogP contribution in [0.5, 0.6) is 0 Å². The highest BCUT2D eigenvalue weighted by atomic mass is 16.5. The average molecular weight is 283 g/mol.